The fourth-order valence-corrected chi connectivity index (χ4v) is 4.23. The summed E-state index contributed by atoms with van der Waals surface area (Å²) in [5.41, 5.74) is 9.51. The number of H-pyrrole nitrogens is 1. The largest absolute Gasteiger partial charge is 0.384 e. The van der Waals surface area contributed by atoms with Crippen LogP contribution in [-0.4, -0.2) is 41.7 Å². The molecule has 5 N–H and O–H groups in total. The van der Waals surface area contributed by atoms with Gasteiger partial charge in [0.05, 0.1) is 17.9 Å². The lowest BCUT2D eigenvalue weighted by atomic mass is 9.91. The molecule has 2 aromatic heterocycles. The van der Waals surface area contributed by atoms with E-state index in [-0.39, 0.29) is 29.7 Å². The molecule has 0 bridgehead atoms. The Balaban J connectivity index is 1.69. The van der Waals surface area contributed by atoms with Crippen molar-refractivity contribution < 1.29 is 13.9 Å². The third-order valence-electron chi connectivity index (χ3n) is 6.09. The zero-order valence-corrected chi connectivity index (χ0v) is 18.5. The molecule has 8 heteroatoms. The topological polar surface area (TPSA) is 105 Å². The highest BCUT2D eigenvalue weighted by atomic mass is 19.1. The number of ether oxygens (including phenoxy) is 1. The number of halogens is 1. The predicted molar refractivity (Wildman–Crippen MR) is 125 cm³/mol. The van der Waals surface area contributed by atoms with Crippen molar-refractivity contribution >= 4 is 28.3 Å². The number of aromatic nitrogens is 2. The first kappa shape index (κ1) is 22.2. The van der Waals surface area contributed by atoms with Crippen molar-refractivity contribution in [3.05, 3.63) is 53.6 Å². The number of rotatable bonds is 7. The van der Waals surface area contributed by atoms with Crippen LogP contribution in [0.3, 0.4) is 0 Å². The Hall–Kier alpha value is -2.97. The molecule has 0 spiro atoms. The fraction of sp³-hybridized carbons (Fsp3) is 0.417. The number of fused-ring (bicyclic) bond motifs is 1. The summed E-state index contributed by atoms with van der Waals surface area (Å²) >= 11 is 0. The average molecular weight is 440 g/mol. The summed E-state index contributed by atoms with van der Waals surface area (Å²) in [7, 11) is 1.68. The van der Waals surface area contributed by atoms with E-state index in [0.717, 1.165) is 48.1 Å². The van der Waals surface area contributed by atoms with Crippen molar-refractivity contribution in [3.8, 4) is 0 Å². The number of pyridine rings is 1. The highest BCUT2D eigenvalue weighted by molar-refractivity contribution is 6.12. The number of hydrogen-bond donors (Lipinski definition) is 4. The van der Waals surface area contributed by atoms with Crippen LogP contribution in [0.1, 0.15) is 54.6 Å². The molecule has 1 unspecified atom stereocenters. The first-order chi connectivity index (χ1) is 15.4. The van der Waals surface area contributed by atoms with Gasteiger partial charge in [-0.2, -0.15) is 0 Å². The van der Waals surface area contributed by atoms with Gasteiger partial charge in [0.15, 0.2) is 0 Å². The number of aromatic amines is 1. The number of carbonyl (C=O) groups is 1. The Labute approximate surface area is 186 Å². The van der Waals surface area contributed by atoms with Crippen LogP contribution in [0.4, 0.5) is 15.8 Å². The van der Waals surface area contributed by atoms with Gasteiger partial charge in [-0.3, -0.25) is 4.79 Å². The first-order valence-corrected chi connectivity index (χ1v) is 11.0. The smallest absolute Gasteiger partial charge is 0.259 e. The molecule has 32 heavy (non-hydrogen) atoms. The lowest BCUT2D eigenvalue weighted by Gasteiger charge is -2.28. The highest BCUT2D eigenvalue weighted by Crippen LogP contribution is 2.32. The lowest BCUT2D eigenvalue weighted by molar-refractivity contribution is 0.102. The minimum absolute atomic E-state index is 0.159. The van der Waals surface area contributed by atoms with Crippen LogP contribution in [-0.2, 0) is 4.74 Å². The molecule has 4 rings (SSSR count). The molecule has 7 nitrogen and oxygen atoms in total. The summed E-state index contributed by atoms with van der Waals surface area (Å²) < 4.78 is 18.5. The molecule has 0 radical (unpaired) electrons. The lowest BCUT2D eigenvalue weighted by Crippen LogP contribution is -2.33. The minimum Gasteiger partial charge on any atom is -0.384 e. The second-order valence-corrected chi connectivity index (χ2v) is 8.61. The highest BCUT2D eigenvalue weighted by Gasteiger charge is 2.24. The quantitative estimate of drug-likeness (QED) is 0.437. The van der Waals surface area contributed by atoms with Crippen LogP contribution in [0.2, 0.25) is 0 Å². The molecule has 170 valence electrons. The second-order valence-electron chi connectivity index (χ2n) is 8.61. The van der Waals surface area contributed by atoms with Crippen molar-refractivity contribution in [2.75, 3.05) is 24.4 Å². The minimum atomic E-state index is -0.353. The van der Waals surface area contributed by atoms with E-state index in [9.17, 15) is 9.18 Å². The maximum Gasteiger partial charge on any atom is 0.259 e. The van der Waals surface area contributed by atoms with Crippen LogP contribution >= 0.6 is 0 Å². The fourth-order valence-electron chi connectivity index (χ4n) is 4.23. The second kappa shape index (κ2) is 9.67. The number of anilines is 2. The normalized spacial score (nSPS) is 19.6. The van der Waals surface area contributed by atoms with E-state index in [0.29, 0.717) is 17.9 Å². The van der Waals surface area contributed by atoms with Crippen molar-refractivity contribution in [2.24, 2.45) is 5.73 Å². The number of nitrogens with one attached hydrogen (secondary N) is 3. The van der Waals surface area contributed by atoms with Crippen LogP contribution in [0.5, 0.6) is 0 Å². The molecular formula is C24H30FN5O2. The third kappa shape index (κ3) is 4.92. The first-order valence-electron chi connectivity index (χ1n) is 11.0. The molecule has 3 aromatic rings. The Kier molecular flexibility index (Phi) is 6.72. The number of carbonyl (C=O) groups excluding carboxylic acids is 1. The van der Waals surface area contributed by atoms with Gasteiger partial charge in [-0.05, 0) is 56.0 Å². The van der Waals surface area contributed by atoms with E-state index in [2.05, 4.69) is 27.5 Å². The third-order valence-corrected chi connectivity index (χ3v) is 6.09. The SMILES string of the molecule is COCC(C)c1cc2c(N[C@H]3CC[C@H](N)CC3)c(C(=O)Nc3ccc(F)cc3)cnc2[nH]1. The maximum atomic E-state index is 13.2. The molecule has 1 aromatic carbocycles. The van der Waals surface area contributed by atoms with Crippen LogP contribution < -0.4 is 16.4 Å². The van der Waals surface area contributed by atoms with Crippen molar-refractivity contribution in [1.29, 1.82) is 0 Å². The van der Waals surface area contributed by atoms with Gasteiger partial charge < -0.3 is 26.1 Å². The summed E-state index contributed by atoms with van der Waals surface area (Å²) in [6.07, 6.45) is 5.38. The number of nitrogens with zero attached hydrogens (tertiary/aromatic N) is 1. The summed E-state index contributed by atoms with van der Waals surface area (Å²) in [5.74, 6) is -0.492. The standard InChI is InChI=1S/C24H30FN5O2/c1-14(13-32-2)21-11-19-22(28-17-9-5-16(26)6-10-17)20(12-27-23(19)30-21)24(31)29-18-7-3-15(25)4-8-18/h3-4,7-8,11-12,14,16-17H,5-6,9-10,13,26H2,1-2H3,(H,29,31)(H2,27,28,30)/t14?,16-,17-. The number of benzene rings is 1. The van der Waals surface area contributed by atoms with Crippen molar-refractivity contribution in [2.45, 2.75) is 50.6 Å². The van der Waals surface area contributed by atoms with Gasteiger partial charge >= 0.3 is 0 Å². The molecule has 2 heterocycles. The van der Waals surface area contributed by atoms with E-state index in [4.69, 9.17) is 10.5 Å². The van der Waals surface area contributed by atoms with Gasteiger partial charge in [0, 0.05) is 48.1 Å². The molecule has 1 fully saturated rings. The van der Waals surface area contributed by atoms with Crippen LogP contribution in [0, 0.1) is 5.82 Å². The molecule has 1 saturated carbocycles. The molecule has 0 aliphatic heterocycles. The number of hydrogen-bond acceptors (Lipinski definition) is 5. The summed E-state index contributed by atoms with van der Waals surface area (Å²) in [6, 6.07) is 8.21. The van der Waals surface area contributed by atoms with Gasteiger partial charge in [-0.1, -0.05) is 6.92 Å². The molecular weight excluding hydrogens is 409 g/mol. The number of nitrogens with two attached hydrogens (primary N) is 1. The van der Waals surface area contributed by atoms with Gasteiger partial charge in [-0.15, -0.1) is 0 Å². The van der Waals surface area contributed by atoms with E-state index < -0.39 is 0 Å². The molecule has 1 aliphatic carbocycles. The Morgan fingerprint density at radius 1 is 1.28 bits per heavy atom. The summed E-state index contributed by atoms with van der Waals surface area (Å²) in [6.45, 7) is 2.65. The van der Waals surface area contributed by atoms with Crippen molar-refractivity contribution in [1.82, 2.24) is 9.97 Å². The molecule has 1 atom stereocenters. The van der Waals surface area contributed by atoms with E-state index in [1.807, 2.05) is 6.07 Å². The Morgan fingerprint density at radius 2 is 2.00 bits per heavy atom. The van der Waals surface area contributed by atoms with Crippen molar-refractivity contribution in [3.63, 3.8) is 0 Å². The molecule has 0 saturated heterocycles. The Bertz CT molecular complexity index is 1070. The zero-order chi connectivity index (χ0) is 22.7. The Morgan fingerprint density at radius 3 is 2.69 bits per heavy atom. The van der Waals surface area contributed by atoms with Gasteiger partial charge in [-0.25, -0.2) is 9.37 Å². The van der Waals surface area contributed by atoms with Gasteiger partial charge in [0.25, 0.3) is 5.91 Å². The summed E-state index contributed by atoms with van der Waals surface area (Å²) in [4.78, 5) is 21.0. The van der Waals surface area contributed by atoms with Gasteiger partial charge in [0.2, 0.25) is 0 Å². The van der Waals surface area contributed by atoms with Crippen LogP contribution in [0.15, 0.2) is 36.5 Å². The van der Waals surface area contributed by atoms with Crippen LogP contribution in [0.25, 0.3) is 11.0 Å². The number of methoxy groups -OCH3 is 1. The zero-order valence-electron chi connectivity index (χ0n) is 18.5. The number of amides is 1. The monoisotopic (exact) mass is 439 g/mol. The van der Waals surface area contributed by atoms with E-state index >= 15 is 0 Å². The predicted octanol–water partition coefficient (Wildman–Crippen LogP) is 4.39. The molecule has 1 amide bonds. The van der Waals surface area contributed by atoms with Gasteiger partial charge in [0.1, 0.15) is 11.5 Å². The summed E-state index contributed by atoms with van der Waals surface area (Å²) in [5, 5.41) is 7.32. The maximum absolute atomic E-state index is 13.2. The average Bonchev–Trinajstić information content (AvgIpc) is 3.22. The van der Waals surface area contributed by atoms with E-state index in [1.54, 1.807) is 13.3 Å². The van der Waals surface area contributed by atoms with E-state index in [1.165, 1.54) is 24.3 Å². The molecule has 1 aliphatic rings.